The van der Waals surface area contributed by atoms with Gasteiger partial charge in [-0.25, -0.2) is 18.4 Å². The highest BCUT2D eigenvalue weighted by atomic mass is 35.5. The molecular formula is C14H10Cl3NO4S. The molecule has 0 aromatic heterocycles. The van der Waals surface area contributed by atoms with Crippen LogP contribution in [0.5, 0.6) is 0 Å². The number of esters is 1. The van der Waals surface area contributed by atoms with Crippen molar-refractivity contribution in [2.24, 2.45) is 5.14 Å². The van der Waals surface area contributed by atoms with Crippen molar-refractivity contribution in [1.29, 1.82) is 0 Å². The van der Waals surface area contributed by atoms with Gasteiger partial charge in [0.05, 0.1) is 15.6 Å². The number of hydrogen-bond acceptors (Lipinski definition) is 4. The Kier molecular flexibility index (Phi) is 5.54. The Balaban J connectivity index is 2.26. The van der Waals surface area contributed by atoms with E-state index in [1.165, 1.54) is 0 Å². The first-order chi connectivity index (χ1) is 10.7. The summed E-state index contributed by atoms with van der Waals surface area (Å²) in [6.07, 6.45) is 0. The lowest BCUT2D eigenvalue weighted by Gasteiger charge is -2.09. The van der Waals surface area contributed by atoms with Crippen molar-refractivity contribution in [3.05, 3.63) is 62.6 Å². The molecule has 5 nitrogen and oxygen atoms in total. The lowest BCUT2D eigenvalue weighted by atomic mass is 10.2. The molecule has 0 aliphatic rings. The highest BCUT2D eigenvalue weighted by Gasteiger charge is 2.20. The lowest BCUT2D eigenvalue weighted by Crippen LogP contribution is -2.15. The third-order valence-corrected chi connectivity index (χ3v) is 4.73. The largest absolute Gasteiger partial charge is 0.457 e. The molecular weight excluding hydrogens is 385 g/mol. The van der Waals surface area contributed by atoms with E-state index in [1.807, 2.05) is 0 Å². The fourth-order valence-corrected chi connectivity index (χ4v) is 3.37. The van der Waals surface area contributed by atoms with Crippen LogP contribution < -0.4 is 5.14 Å². The van der Waals surface area contributed by atoms with E-state index in [2.05, 4.69) is 0 Å². The standard InChI is InChI=1S/C14H10Cl3NO4S/c15-9-3-1-2-8(4-9)7-22-14(19)10-5-13(23(18,20)21)12(17)6-11(10)16/h1-6H,7H2,(H2,18,20,21). The molecule has 0 atom stereocenters. The number of carbonyl (C=O) groups is 1. The Hall–Kier alpha value is -1.31. The number of benzene rings is 2. The van der Waals surface area contributed by atoms with E-state index in [9.17, 15) is 13.2 Å². The first-order valence-electron chi connectivity index (χ1n) is 6.12. The molecule has 2 aromatic carbocycles. The number of hydrogen-bond donors (Lipinski definition) is 1. The monoisotopic (exact) mass is 393 g/mol. The Bertz CT molecular complexity index is 868. The highest BCUT2D eigenvalue weighted by Crippen LogP contribution is 2.28. The van der Waals surface area contributed by atoms with Crippen LogP contribution in [0.4, 0.5) is 0 Å². The topological polar surface area (TPSA) is 86.5 Å². The van der Waals surface area contributed by atoms with E-state index in [0.29, 0.717) is 10.6 Å². The number of sulfonamides is 1. The average molecular weight is 395 g/mol. The van der Waals surface area contributed by atoms with E-state index in [4.69, 9.17) is 44.7 Å². The van der Waals surface area contributed by atoms with Crippen molar-refractivity contribution >= 4 is 50.8 Å². The minimum atomic E-state index is -4.09. The minimum absolute atomic E-state index is 0.0431. The highest BCUT2D eigenvalue weighted by molar-refractivity contribution is 7.89. The molecule has 122 valence electrons. The van der Waals surface area contributed by atoms with Crippen LogP contribution in [0.1, 0.15) is 15.9 Å². The number of carbonyl (C=O) groups excluding carboxylic acids is 1. The van der Waals surface area contributed by atoms with Crippen LogP contribution >= 0.6 is 34.8 Å². The smallest absolute Gasteiger partial charge is 0.340 e. The number of rotatable bonds is 4. The fourth-order valence-electron chi connectivity index (χ4n) is 1.76. The van der Waals surface area contributed by atoms with Crippen molar-refractivity contribution in [3.8, 4) is 0 Å². The second-order valence-electron chi connectivity index (χ2n) is 4.51. The first kappa shape index (κ1) is 18.0. The summed E-state index contributed by atoms with van der Waals surface area (Å²) in [6.45, 7) is -0.0525. The zero-order valence-corrected chi connectivity index (χ0v) is 14.5. The van der Waals surface area contributed by atoms with Crippen molar-refractivity contribution in [3.63, 3.8) is 0 Å². The molecule has 0 radical (unpaired) electrons. The maximum absolute atomic E-state index is 12.1. The second kappa shape index (κ2) is 7.07. The van der Waals surface area contributed by atoms with Crippen LogP contribution in [0.3, 0.4) is 0 Å². The van der Waals surface area contributed by atoms with Gasteiger partial charge in [0, 0.05) is 5.02 Å². The van der Waals surface area contributed by atoms with Gasteiger partial charge in [0.1, 0.15) is 11.5 Å². The molecule has 9 heteroatoms. The summed E-state index contributed by atoms with van der Waals surface area (Å²) in [5.41, 5.74) is 0.518. The van der Waals surface area contributed by atoms with Gasteiger partial charge < -0.3 is 4.74 Å². The van der Waals surface area contributed by atoms with Gasteiger partial charge in [-0.2, -0.15) is 0 Å². The van der Waals surface area contributed by atoms with E-state index in [1.54, 1.807) is 24.3 Å². The van der Waals surface area contributed by atoms with Crippen LogP contribution in [-0.2, 0) is 21.4 Å². The summed E-state index contributed by atoms with van der Waals surface area (Å²) in [5, 5.41) is 5.32. The molecule has 0 aliphatic heterocycles. The Labute approximate surface area is 148 Å². The van der Waals surface area contributed by atoms with E-state index >= 15 is 0 Å². The quantitative estimate of drug-likeness (QED) is 0.802. The van der Waals surface area contributed by atoms with Crippen molar-refractivity contribution < 1.29 is 17.9 Å². The SMILES string of the molecule is NS(=O)(=O)c1cc(C(=O)OCc2cccc(Cl)c2)c(Cl)cc1Cl. The molecule has 0 unspecified atom stereocenters. The third kappa shape index (κ3) is 4.59. The Morgan fingerprint density at radius 1 is 1.09 bits per heavy atom. The van der Waals surface area contributed by atoms with Gasteiger partial charge in [-0.3, -0.25) is 0 Å². The Morgan fingerprint density at radius 3 is 2.39 bits per heavy atom. The number of ether oxygens (including phenoxy) is 1. The van der Waals surface area contributed by atoms with Crippen LogP contribution in [0, 0.1) is 0 Å². The minimum Gasteiger partial charge on any atom is -0.457 e. The summed E-state index contributed by atoms with van der Waals surface area (Å²) in [7, 11) is -4.09. The molecule has 0 saturated heterocycles. The Morgan fingerprint density at radius 2 is 1.78 bits per heavy atom. The molecule has 0 aliphatic carbocycles. The molecule has 0 bridgehead atoms. The van der Waals surface area contributed by atoms with Gasteiger partial charge in [0.25, 0.3) is 0 Å². The van der Waals surface area contributed by atoms with Crippen molar-refractivity contribution in [1.82, 2.24) is 0 Å². The van der Waals surface area contributed by atoms with Crippen LogP contribution in [0.2, 0.25) is 15.1 Å². The van der Waals surface area contributed by atoms with Gasteiger partial charge in [-0.15, -0.1) is 0 Å². The summed E-state index contributed by atoms with van der Waals surface area (Å²) < 4.78 is 28.0. The molecule has 2 rings (SSSR count). The zero-order valence-electron chi connectivity index (χ0n) is 11.4. The number of nitrogens with two attached hydrogens (primary N) is 1. The van der Waals surface area contributed by atoms with Gasteiger partial charge in [-0.1, -0.05) is 46.9 Å². The zero-order chi connectivity index (χ0) is 17.2. The molecule has 0 fully saturated rings. The molecule has 0 saturated carbocycles. The van der Waals surface area contributed by atoms with Gasteiger partial charge in [0.15, 0.2) is 0 Å². The van der Waals surface area contributed by atoms with Crippen molar-refractivity contribution in [2.45, 2.75) is 11.5 Å². The van der Waals surface area contributed by atoms with Crippen LogP contribution in [-0.4, -0.2) is 14.4 Å². The first-order valence-corrected chi connectivity index (χ1v) is 8.80. The fraction of sp³-hybridized carbons (Fsp3) is 0.0714. The maximum Gasteiger partial charge on any atom is 0.340 e. The average Bonchev–Trinajstić information content (AvgIpc) is 2.43. The molecule has 23 heavy (non-hydrogen) atoms. The van der Waals surface area contributed by atoms with E-state index in [0.717, 1.165) is 12.1 Å². The van der Waals surface area contributed by atoms with Gasteiger partial charge >= 0.3 is 5.97 Å². The molecule has 2 N–H and O–H groups in total. The van der Waals surface area contributed by atoms with E-state index < -0.39 is 20.9 Å². The number of primary sulfonamides is 1. The lowest BCUT2D eigenvalue weighted by molar-refractivity contribution is 0.0472. The van der Waals surface area contributed by atoms with Gasteiger partial charge in [-0.05, 0) is 29.8 Å². The molecule has 0 spiro atoms. The predicted octanol–water partition coefficient (Wildman–Crippen LogP) is 3.65. The van der Waals surface area contributed by atoms with E-state index in [-0.39, 0.29) is 22.2 Å². The maximum atomic E-state index is 12.1. The summed E-state index contributed by atoms with van der Waals surface area (Å²) in [5.74, 6) is -0.809. The van der Waals surface area contributed by atoms with Crippen LogP contribution in [0.25, 0.3) is 0 Å². The third-order valence-electron chi connectivity index (χ3n) is 2.81. The predicted molar refractivity (Wildman–Crippen MR) is 88.4 cm³/mol. The summed E-state index contributed by atoms with van der Waals surface area (Å²) in [6, 6.07) is 8.85. The van der Waals surface area contributed by atoms with Crippen LogP contribution in [0.15, 0.2) is 41.3 Å². The molecule has 0 heterocycles. The van der Waals surface area contributed by atoms with Crippen molar-refractivity contribution in [2.75, 3.05) is 0 Å². The normalized spacial score (nSPS) is 11.3. The molecule has 2 aromatic rings. The number of halogens is 3. The van der Waals surface area contributed by atoms with Gasteiger partial charge in [0.2, 0.25) is 10.0 Å². The summed E-state index contributed by atoms with van der Waals surface area (Å²) in [4.78, 5) is 11.7. The summed E-state index contributed by atoms with van der Waals surface area (Å²) >= 11 is 17.5. The second-order valence-corrected chi connectivity index (χ2v) is 7.29. The molecule has 0 amide bonds.